The first-order valence-electron chi connectivity index (χ1n) is 12.2. The van der Waals surface area contributed by atoms with Crippen LogP contribution in [0, 0.1) is 0 Å². The Morgan fingerprint density at radius 2 is 1.49 bits per heavy atom. The molecule has 0 aromatic heterocycles. The fourth-order valence-electron chi connectivity index (χ4n) is 4.01. The Bertz CT molecular complexity index is 686. The number of nitrogens with one attached hydrogen (secondary N) is 1. The van der Waals surface area contributed by atoms with Crippen LogP contribution in [0.2, 0.25) is 0 Å². The van der Waals surface area contributed by atoms with Crippen LogP contribution in [0.15, 0.2) is 0 Å². The Kier molecular flexibility index (Phi) is 13.8. The van der Waals surface area contributed by atoms with Gasteiger partial charge >= 0.3 is 11.9 Å². The first-order chi connectivity index (χ1) is 16.4. The van der Waals surface area contributed by atoms with E-state index >= 15 is 0 Å². The molecular weight excluding hydrogens is 458 g/mol. The van der Waals surface area contributed by atoms with Crippen molar-refractivity contribution in [1.29, 1.82) is 0 Å². The van der Waals surface area contributed by atoms with Crippen LogP contribution in [0.1, 0.15) is 40.5 Å². The molecule has 1 heterocycles. The predicted octanol–water partition coefficient (Wildman–Crippen LogP) is -0.409. The van der Waals surface area contributed by atoms with Crippen LogP contribution in [0.3, 0.4) is 0 Å². The summed E-state index contributed by atoms with van der Waals surface area (Å²) >= 11 is 0. The number of carboxylic acid groups (broad SMARTS) is 2. The van der Waals surface area contributed by atoms with E-state index in [4.69, 9.17) is 4.74 Å². The molecule has 0 radical (unpaired) electrons. The Hall–Kier alpha value is -2.28. The molecule has 0 bridgehead atoms. The summed E-state index contributed by atoms with van der Waals surface area (Å²) < 4.78 is 4.93. The van der Waals surface area contributed by atoms with E-state index < -0.39 is 23.5 Å². The molecule has 1 aliphatic heterocycles. The third-order valence-electron chi connectivity index (χ3n) is 5.89. The highest BCUT2D eigenvalue weighted by Gasteiger charge is 2.28. The molecule has 1 aliphatic rings. The van der Waals surface area contributed by atoms with Crippen LogP contribution in [0.4, 0.5) is 0 Å². The van der Waals surface area contributed by atoms with Crippen molar-refractivity contribution < 1.29 is 34.1 Å². The number of likely N-dealkylation sites (N-methyl/N-ethyl adjacent to an activating group) is 1. The Balaban J connectivity index is 2.99. The standard InChI is InChI=1S/C23H43N5O7/c1-5-25-8-9-26(16-21(31)32)10-11-27(17-35-18-29)13-15-28(14-12-25)19(22(33)34)6-7-20(30)24-23(2,3)4/h18-19H,5-17H2,1-4H3,(H,24,30)(H,31,32)(H,33,34). The Morgan fingerprint density at radius 3 is 2.00 bits per heavy atom. The van der Waals surface area contributed by atoms with E-state index in [0.29, 0.717) is 58.8 Å². The molecule has 0 aromatic rings. The highest BCUT2D eigenvalue weighted by molar-refractivity contribution is 5.79. The number of amides is 1. The zero-order valence-electron chi connectivity index (χ0n) is 21.6. The number of aliphatic carboxylic acids is 2. The quantitative estimate of drug-likeness (QED) is 0.318. The molecule has 1 unspecified atom stereocenters. The molecule has 12 heteroatoms. The molecule has 1 atom stereocenters. The summed E-state index contributed by atoms with van der Waals surface area (Å²) in [6, 6.07) is -0.834. The summed E-state index contributed by atoms with van der Waals surface area (Å²) in [6.07, 6.45) is 0.283. The molecule has 0 aliphatic carbocycles. The summed E-state index contributed by atoms with van der Waals surface area (Å²) in [4.78, 5) is 54.3. The van der Waals surface area contributed by atoms with Gasteiger partial charge in [0.1, 0.15) is 12.8 Å². The molecule has 0 saturated carbocycles. The van der Waals surface area contributed by atoms with E-state index in [0.717, 1.165) is 6.54 Å². The molecule has 12 nitrogen and oxygen atoms in total. The van der Waals surface area contributed by atoms with Gasteiger partial charge in [-0.25, -0.2) is 0 Å². The summed E-state index contributed by atoms with van der Waals surface area (Å²) in [6.45, 7) is 12.8. The normalized spacial score (nSPS) is 19.2. The minimum absolute atomic E-state index is 0.0328. The largest absolute Gasteiger partial charge is 0.480 e. The topological polar surface area (TPSA) is 143 Å². The molecule has 35 heavy (non-hydrogen) atoms. The molecule has 0 spiro atoms. The van der Waals surface area contributed by atoms with Gasteiger partial charge in [-0.05, 0) is 33.7 Å². The number of carboxylic acids is 2. The lowest BCUT2D eigenvalue weighted by molar-refractivity contribution is -0.144. The van der Waals surface area contributed by atoms with E-state index in [-0.39, 0.29) is 32.0 Å². The van der Waals surface area contributed by atoms with Gasteiger partial charge in [-0.2, -0.15) is 0 Å². The number of rotatable bonds is 11. The third kappa shape index (κ3) is 13.4. The van der Waals surface area contributed by atoms with Crippen LogP contribution in [0.5, 0.6) is 0 Å². The number of hydrogen-bond donors (Lipinski definition) is 3. The van der Waals surface area contributed by atoms with Gasteiger partial charge in [0.2, 0.25) is 5.91 Å². The number of carbonyl (C=O) groups is 4. The molecule has 1 amide bonds. The average molecular weight is 502 g/mol. The van der Waals surface area contributed by atoms with Crippen LogP contribution < -0.4 is 5.32 Å². The minimum atomic E-state index is -0.980. The van der Waals surface area contributed by atoms with Gasteiger partial charge in [-0.1, -0.05) is 6.92 Å². The van der Waals surface area contributed by atoms with Gasteiger partial charge in [0.15, 0.2) is 0 Å². The average Bonchev–Trinajstić information content (AvgIpc) is 2.74. The molecule has 1 saturated heterocycles. The first kappa shape index (κ1) is 30.8. The number of ether oxygens (including phenoxy) is 1. The summed E-state index contributed by atoms with van der Waals surface area (Å²) in [5.41, 5.74) is -0.390. The van der Waals surface area contributed by atoms with Crippen molar-refractivity contribution in [2.24, 2.45) is 0 Å². The molecule has 3 N–H and O–H groups in total. The lowest BCUT2D eigenvalue weighted by atomic mass is 10.1. The Labute approximate surface area is 208 Å². The molecular formula is C23H43N5O7. The number of nitrogens with zero attached hydrogens (tertiary/aromatic N) is 4. The van der Waals surface area contributed by atoms with Crippen molar-refractivity contribution in [2.45, 2.75) is 52.1 Å². The first-order valence-corrected chi connectivity index (χ1v) is 12.2. The zero-order valence-corrected chi connectivity index (χ0v) is 21.6. The summed E-state index contributed by atoms with van der Waals surface area (Å²) in [7, 11) is 0. The van der Waals surface area contributed by atoms with E-state index in [2.05, 4.69) is 10.2 Å². The molecule has 1 fully saturated rings. The lowest BCUT2D eigenvalue weighted by Gasteiger charge is -2.35. The highest BCUT2D eigenvalue weighted by Crippen LogP contribution is 2.11. The SMILES string of the molecule is CCN1CCN(CC(=O)O)CCN(COC=O)CCN(C(CCC(=O)NC(C)(C)C)C(=O)O)CC1. The second-order valence-corrected chi connectivity index (χ2v) is 9.84. The smallest absolute Gasteiger partial charge is 0.320 e. The maximum Gasteiger partial charge on any atom is 0.320 e. The van der Waals surface area contributed by atoms with E-state index in [1.54, 1.807) is 0 Å². The highest BCUT2D eigenvalue weighted by atomic mass is 16.5. The molecule has 202 valence electrons. The second kappa shape index (κ2) is 15.7. The van der Waals surface area contributed by atoms with Gasteiger partial charge in [-0.15, -0.1) is 0 Å². The summed E-state index contributed by atoms with van der Waals surface area (Å²) in [5, 5.41) is 22.1. The van der Waals surface area contributed by atoms with Crippen molar-refractivity contribution in [1.82, 2.24) is 24.9 Å². The summed E-state index contributed by atoms with van der Waals surface area (Å²) in [5.74, 6) is -2.07. The van der Waals surface area contributed by atoms with Crippen molar-refractivity contribution in [3.63, 3.8) is 0 Å². The fourth-order valence-corrected chi connectivity index (χ4v) is 4.01. The molecule has 0 aromatic carbocycles. The van der Waals surface area contributed by atoms with E-state index in [1.807, 2.05) is 42.4 Å². The third-order valence-corrected chi connectivity index (χ3v) is 5.89. The zero-order chi connectivity index (χ0) is 26.4. The number of hydrogen-bond acceptors (Lipinski definition) is 9. The van der Waals surface area contributed by atoms with E-state index in [1.165, 1.54) is 0 Å². The maximum atomic E-state index is 12.3. The monoisotopic (exact) mass is 501 g/mol. The van der Waals surface area contributed by atoms with Crippen molar-refractivity contribution in [2.75, 3.05) is 72.2 Å². The van der Waals surface area contributed by atoms with Gasteiger partial charge in [0.25, 0.3) is 6.47 Å². The maximum absolute atomic E-state index is 12.3. The van der Waals surface area contributed by atoms with Gasteiger partial charge < -0.3 is 25.2 Å². The second-order valence-electron chi connectivity index (χ2n) is 9.84. The van der Waals surface area contributed by atoms with E-state index in [9.17, 15) is 29.4 Å². The Morgan fingerprint density at radius 1 is 0.943 bits per heavy atom. The fraction of sp³-hybridized carbons (Fsp3) is 0.826. The van der Waals surface area contributed by atoms with Crippen LogP contribution in [-0.4, -0.2) is 138 Å². The van der Waals surface area contributed by atoms with Crippen molar-refractivity contribution in [3.05, 3.63) is 0 Å². The van der Waals surface area contributed by atoms with Crippen molar-refractivity contribution in [3.8, 4) is 0 Å². The minimum Gasteiger partial charge on any atom is -0.480 e. The molecule has 1 rings (SSSR count). The van der Waals surface area contributed by atoms with Crippen LogP contribution >= 0.6 is 0 Å². The van der Waals surface area contributed by atoms with Crippen LogP contribution in [0.25, 0.3) is 0 Å². The van der Waals surface area contributed by atoms with Crippen LogP contribution in [-0.2, 0) is 23.9 Å². The lowest BCUT2D eigenvalue weighted by Crippen LogP contribution is -2.51. The van der Waals surface area contributed by atoms with Gasteiger partial charge in [0, 0.05) is 64.3 Å². The number of carbonyl (C=O) groups excluding carboxylic acids is 2. The van der Waals surface area contributed by atoms with Gasteiger partial charge in [0.05, 0.1) is 6.54 Å². The van der Waals surface area contributed by atoms with Gasteiger partial charge in [-0.3, -0.25) is 33.9 Å². The van der Waals surface area contributed by atoms with Crippen molar-refractivity contribution >= 4 is 24.3 Å². The predicted molar refractivity (Wildman–Crippen MR) is 130 cm³/mol.